The highest BCUT2D eigenvalue weighted by molar-refractivity contribution is 9.10. The highest BCUT2D eigenvalue weighted by Crippen LogP contribution is 2.13. The summed E-state index contributed by atoms with van der Waals surface area (Å²) >= 11 is 9.13. The van der Waals surface area contributed by atoms with Crippen molar-refractivity contribution in [2.45, 2.75) is 0 Å². The highest BCUT2D eigenvalue weighted by atomic mass is 79.9. The molecule has 6 heteroatoms. The molecule has 0 unspecified atom stereocenters. The molecule has 0 atom stereocenters. The Labute approximate surface area is 136 Å². The number of hydrazone groups is 1. The van der Waals surface area contributed by atoms with Crippen LogP contribution in [0.1, 0.15) is 5.56 Å². The topological polar surface area (TPSA) is 53.5 Å². The van der Waals surface area contributed by atoms with Gasteiger partial charge in [0.15, 0.2) is 0 Å². The zero-order valence-electron chi connectivity index (χ0n) is 11.0. The predicted molar refractivity (Wildman–Crippen MR) is 89.8 cm³/mol. The van der Waals surface area contributed by atoms with Crippen LogP contribution in [-0.2, 0) is 4.79 Å². The van der Waals surface area contributed by atoms with E-state index in [9.17, 15) is 4.79 Å². The van der Waals surface area contributed by atoms with Crippen LogP contribution in [-0.4, -0.2) is 18.7 Å². The van der Waals surface area contributed by atoms with Crippen LogP contribution < -0.4 is 10.7 Å². The quantitative estimate of drug-likeness (QED) is 0.627. The molecule has 0 saturated carbocycles. The summed E-state index contributed by atoms with van der Waals surface area (Å²) in [5.74, 6) is -0.219. The molecule has 0 spiro atoms. The Balaban J connectivity index is 1.77. The number of carbonyl (C=O) groups is 1. The Morgan fingerprint density at radius 1 is 1.14 bits per heavy atom. The lowest BCUT2D eigenvalue weighted by Gasteiger charge is -2.05. The van der Waals surface area contributed by atoms with Gasteiger partial charge in [0.1, 0.15) is 0 Å². The van der Waals surface area contributed by atoms with Crippen molar-refractivity contribution in [2.24, 2.45) is 5.10 Å². The van der Waals surface area contributed by atoms with Gasteiger partial charge < -0.3 is 5.32 Å². The van der Waals surface area contributed by atoms with Crippen molar-refractivity contribution < 1.29 is 4.79 Å². The second-order valence-electron chi connectivity index (χ2n) is 4.21. The van der Waals surface area contributed by atoms with Gasteiger partial charge >= 0.3 is 0 Å². The van der Waals surface area contributed by atoms with Crippen LogP contribution in [0.15, 0.2) is 58.1 Å². The average Bonchev–Trinajstić information content (AvgIpc) is 2.49. The predicted octanol–water partition coefficient (Wildman–Crippen LogP) is 3.66. The van der Waals surface area contributed by atoms with E-state index < -0.39 is 0 Å². The van der Waals surface area contributed by atoms with Crippen LogP contribution >= 0.6 is 27.5 Å². The maximum Gasteiger partial charge on any atom is 0.259 e. The summed E-state index contributed by atoms with van der Waals surface area (Å²) in [6, 6.07) is 14.7. The number of hydrogen-bond donors (Lipinski definition) is 2. The normalized spacial score (nSPS) is 10.6. The van der Waals surface area contributed by atoms with E-state index in [1.807, 2.05) is 36.4 Å². The standard InChI is InChI=1S/C15H13BrClN3O/c16-12-3-7-14(8-4-12)18-10-15(21)20-19-9-11-1-5-13(17)6-2-11/h1-9,18H,10H2,(H,20,21)/b19-9-. The molecule has 4 nitrogen and oxygen atoms in total. The molecule has 0 heterocycles. The Morgan fingerprint density at radius 3 is 2.48 bits per heavy atom. The molecule has 0 aromatic heterocycles. The van der Waals surface area contributed by atoms with E-state index >= 15 is 0 Å². The highest BCUT2D eigenvalue weighted by Gasteiger charge is 1.99. The lowest BCUT2D eigenvalue weighted by atomic mass is 10.2. The van der Waals surface area contributed by atoms with E-state index in [2.05, 4.69) is 31.8 Å². The first kappa shape index (κ1) is 15.5. The summed E-state index contributed by atoms with van der Waals surface area (Å²) in [5.41, 5.74) is 4.19. The molecule has 0 aliphatic rings. The summed E-state index contributed by atoms with van der Waals surface area (Å²) in [6.07, 6.45) is 1.56. The van der Waals surface area contributed by atoms with Gasteiger partial charge in [0.05, 0.1) is 12.8 Å². The van der Waals surface area contributed by atoms with E-state index in [1.54, 1.807) is 18.3 Å². The second-order valence-corrected chi connectivity index (χ2v) is 5.56. The molecule has 0 saturated heterocycles. The van der Waals surface area contributed by atoms with Gasteiger partial charge in [0.25, 0.3) is 5.91 Å². The van der Waals surface area contributed by atoms with E-state index in [-0.39, 0.29) is 12.5 Å². The molecule has 2 aromatic rings. The summed E-state index contributed by atoms with van der Waals surface area (Å²) in [4.78, 5) is 11.6. The number of carbonyl (C=O) groups excluding carboxylic acids is 1. The Kier molecular flexibility index (Phi) is 5.78. The summed E-state index contributed by atoms with van der Waals surface area (Å²) < 4.78 is 0.991. The Hall–Kier alpha value is -1.85. The molecule has 0 fully saturated rings. The first-order chi connectivity index (χ1) is 10.1. The van der Waals surface area contributed by atoms with Gasteiger partial charge in [-0.05, 0) is 42.0 Å². The fraction of sp³-hybridized carbons (Fsp3) is 0.0667. The molecule has 21 heavy (non-hydrogen) atoms. The number of amides is 1. The summed E-state index contributed by atoms with van der Waals surface area (Å²) in [5, 5.41) is 7.55. The molecule has 1 amide bonds. The maximum atomic E-state index is 11.6. The minimum atomic E-state index is -0.219. The van der Waals surface area contributed by atoms with Gasteiger partial charge in [-0.1, -0.05) is 39.7 Å². The van der Waals surface area contributed by atoms with E-state index in [1.165, 1.54) is 0 Å². The van der Waals surface area contributed by atoms with Gasteiger partial charge in [-0.25, -0.2) is 5.43 Å². The zero-order valence-corrected chi connectivity index (χ0v) is 13.4. The average molecular weight is 367 g/mol. The van der Waals surface area contributed by atoms with Crippen molar-refractivity contribution in [1.29, 1.82) is 0 Å². The minimum absolute atomic E-state index is 0.152. The number of nitrogens with one attached hydrogen (secondary N) is 2. The Bertz CT molecular complexity index is 626. The van der Waals surface area contributed by atoms with Crippen molar-refractivity contribution in [3.8, 4) is 0 Å². The smallest absolute Gasteiger partial charge is 0.259 e. The first-order valence-electron chi connectivity index (χ1n) is 6.20. The molecule has 0 aliphatic heterocycles. The number of rotatable bonds is 5. The third-order valence-corrected chi connectivity index (χ3v) is 3.35. The summed E-state index contributed by atoms with van der Waals surface area (Å²) in [6.45, 7) is 0.152. The molecular weight excluding hydrogens is 354 g/mol. The van der Waals surface area contributed by atoms with Crippen LogP contribution in [0.3, 0.4) is 0 Å². The van der Waals surface area contributed by atoms with Crippen LogP contribution in [0.25, 0.3) is 0 Å². The fourth-order valence-electron chi connectivity index (χ4n) is 1.52. The van der Waals surface area contributed by atoms with Crippen molar-refractivity contribution in [3.63, 3.8) is 0 Å². The zero-order chi connectivity index (χ0) is 15.1. The monoisotopic (exact) mass is 365 g/mol. The van der Waals surface area contributed by atoms with Gasteiger partial charge in [0, 0.05) is 15.2 Å². The third-order valence-electron chi connectivity index (χ3n) is 2.57. The van der Waals surface area contributed by atoms with Crippen LogP contribution in [0.4, 0.5) is 5.69 Å². The van der Waals surface area contributed by atoms with Crippen molar-refractivity contribution in [1.82, 2.24) is 5.43 Å². The Morgan fingerprint density at radius 2 is 1.81 bits per heavy atom. The molecule has 0 aliphatic carbocycles. The van der Waals surface area contributed by atoms with Crippen LogP contribution in [0.2, 0.25) is 5.02 Å². The number of halogens is 2. The maximum absolute atomic E-state index is 11.6. The molecule has 0 bridgehead atoms. The van der Waals surface area contributed by atoms with Gasteiger partial charge in [-0.3, -0.25) is 4.79 Å². The first-order valence-corrected chi connectivity index (χ1v) is 7.37. The van der Waals surface area contributed by atoms with Crippen LogP contribution in [0.5, 0.6) is 0 Å². The molecule has 2 N–H and O–H groups in total. The van der Waals surface area contributed by atoms with E-state index in [4.69, 9.17) is 11.6 Å². The number of benzene rings is 2. The summed E-state index contributed by atoms with van der Waals surface area (Å²) in [7, 11) is 0. The second kappa shape index (κ2) is 7.81. The van der Waals surface area contributed by atoms with E-state index in [0.29, 0.717) is 5.02 Å². The molecular formula is C15H13BrClN3O. The largest absolute Gasteiger partial charge is 0.376 e. The molecule has 2 aromatic carbocycles. The third kappa shape index (κ3) is 5.57. The van der Waals surface area contributed by atoms with Crippen molar-refractivity contribution in [3.05, 3.63) is 63.6 Å². The number of nitrogens with zero attached hydrogens (tertiary/aromatic N) is 1. The number of hydrogen-bond acceptors (Lipinski definition) is 3. The number of anilines is 1. The van der Waals surface area contributed by atoms with E-state index in [0.717, 1.165) is 15.7 Å². The lowest BCUT2D eigenvalue weighted by Crippen LogP contribution is -2.25. The minimum Gasteiger partial charge on any atom is -0.376 e. The molecule has 2 rings (SSSR count). The lowest BCUT2D eigenvalue weighted by molar-refractivity contribution is -0.119. The van der Waals surface area contributed by atoms with Gasteiger partial charge in [0.2, 0.25) is 0 Å². The molecule has 108 valence electrons. The van der Waals surface area contributed by atoms with Crippen molar-refractivity contribution >= 4 is 45.3 Å². The van der Waals surface area contributed by atoms with Gasteiger partial charge in [-0.15, -0.1) is 0 Å². The molecule has 0 radical (unpaired) electrons. The van der Waals surface area contributed by atoms with Gasteiger partial charge in [-0.2, -0.15) is 5.10 Å². The fourth-order valence-corrected chi connectivity index (χ4v) is 1.91. The van der Waals surface area contributed by atoms with Crippen LogP contribution in [0, 0.1) is 0 Å². The van der Waals surface area contributed by atoms with Crippen molar-refractivity contribution in [2.75, 3.05) is 11.9 Å². The SMILES string of the molecule is O=C(CNc1ccc(Br)cc1)N/N=C\c1ccc(Cl)cc1.